The zero-order valence-corrected chi connectivity index (χ0v) is 16.0. The Morgan fingerprint density at radius 2 is 1.54 bits per heavy atom. The second-order valence-electron chi connectivity index (χ2n) is 6.91. The molecule has 5 heteroatoms. The minimum Gasteiger partial charge on any atom is -0.317 e. The number of hydrogen-bond acceptors (Lipinski definition) is 4. The van der Waals surface area contributed by atoms with E-state index in [4.69, 9.17) is 4.98 Å². The summed E-state index contributed by atoms with van der Waals surface area (Å²) in [6.45, 7) is 4.54. The molecule has 0 atom stereocenters. The lowest BCUT2D eigenvalue weighted by Gasteiger charge is -2.14. The fraction of sp³-hybridized carbons (Fsp3) is 0.174. The van der Waals surface area contributed by atoms with E-state index in [0.717, 1.165) is 28.8 Å². The number of aromatic nitrogens is 3. The van der Waals surface area contributed by atoms with Gasteiger partial charge in [-0.25, -0.2) is 14.6 Å². The number of aryl methyl sites for hydroxylation is 1. The molecule has 4 aromatic rings. The summed E-state index contributed by atoms with van der Waals surface area (Å²) in [5.41, 5.74) is 8.72. The van der Waals surface area contributed by atoms with Crippen LogP contribution in [0.4, 0.5) is 0 Å². The summed E-state index contributed by atoms with van der Waals surface area (Å²) in [7, 11) is 0. The Hall–Kier alpha value is -3.47. The first-order valence-electron chi connectivity index (χ1n) is 9.32. The summed E-state index contributed by atoms with van der Waals surface area (Å²) in [6, 6.07) is 20.2. The third-order valence-corrected chi connectivity index (χ3v) is 5.07. The monoisotopic (exact) mass is 370 g/mol. The van der Waals surface area contributed by atoms with Crippen LogP contribution in [0.5, 0.6) is 0 Å². The number of nitrogens with one attached hydrogen (secondary N) is 1. The van der Waals surface area contributed by atoms with Gasteiger partial charge in [0.1, 0.15) is 6.33 Å². The molecule has 2 aromatic carbocycles. The molecule has 0 aliphatic heterocycles. The molecule has 0 aliphatic carbocycles. The first-order chi connectivity index (χ1) is 13.6. The normalized spacial score (nSPS) is 10.9. The third kappa shape index (κ3) is 3.51. The van der Waals surface area contributed by atoms with Gasteiger partial charge in [-0.15, -0.1) is 0 Å². The van der Waals surface area contributed by atoms with Gasteiger partial charge in [-0.3, -0.25) is 4.79 Å². The predicted molar refractivity (Wildman–Crippen MR) is 112 cm³/mol. The number of fused-ring (bicyclic) bond motifs is 1. The molecule has 1 N–H and O–H groups in total. The van der Waals surface area contributed by atoms with Gasteiger partial charge in [-0.2, -0.15) is 0 Å². The summed E-state index contributed by atoms with van der Waals surface area (Å²) in [5, 5.41) is 0.567. The summed E-state index contributed by atoms with van der Waals surface area (Å²) < 4.78 is 1.44. The van der Waals surface area contributed by atoms with Gasteiger partial charge < -0.3 is 5.43 Å². The van der Waals surface area contributed by atoms with Crippen molar-refractivity contribution >= 4 is 11.0 Å². The van der Waals surface area contributed by atoms with Crippen molar-refractivity contribution < 1.29 is 0 Å². The van der Waals surface area contributed by atoms with E-state index in [-0.39, 0.29) is 5.56 Å². The lowest BCUT2D eigenvalue weighted by atomic mass is 10.0. The molecule has 140 valence electrons. The molecule has 0 radical (unpaired) electrons. The standard InChI is InChI=1S/C23H22N4O/c1-16-17(2)21-22(26-20(16)13-18-9-5-3-6-10-18)24-15-27(23(21)28)25-14-19-11-7-4-8-12-19/h3-12,15,25H,13-14H2,1-2H3. The smallest absolute Gasteiger partial charge is 0.281 e. The van der Waals surface area contributed by atoms with Crippen LogP contribution in [0.1, 0.15) is 27.9 Å². The highest BCUT2D eigenvalue weighted by molar-refractivity contribution is 5.79. The molecular formula is C23H22N4O. The topological polar surface area (TPSA) is 59.8 Å². The van der Waals surface area contributed by atoms with Crippen LogP contribution in [0.25, 0.3) is 11.0 Å². The molecule has 28 heavy (non-hydrogen) atoms. The minimum absolute atomic E-state index is 0.125. The number of rotatable bonds is 5. The first kappa shape index (κ1) is 17.9. The average Bonchev–Trinajstić information content (AvgIpc) is 2.72. The Labute approximate surface area is 163 Å². The van der Waals surface area contributed by atoms with E-state index in [2.05, 4.69) is 22.5 Å². The molecule has 0 amide bonds. The number of hydrogen-bond donors (Lipinski definition) is 1. The summed E-state index contributed by atoms with van der Waals surface area (Å²) in [5.74, 6) is 0. The van der Waals surface area contributed by atoms with Gasteiger partial charge in [-0.05, 0) is 36.1 Å². The Morgan fingerprint density at radius 1 is 0.893 bits per heavy atom. The molecule has 0 spiro atoms. The number of pyridine rings is 1. The Kier molecular flexibility index (Phi) is 4.89. The van der Waals surface area contributed by atoms with E-state index >= 15 is 0 Å². The summed E-state index contributed by atoms with van der Waals surface area (Å²) in [6.07, 6.45) is 2.24. The van der Waals surface area contributed by atoms with Crippen LogP contribution in [0.2, 0.25) is 0 Å². The van der Waals surface area contributed by atoms with Crippen molar-refractivity contribution in [3.05, 3.63) is 105 Å². The van der Waals surface area contributed by atoms with E-state index < -0.39 is 0 Å². The maximum Gasteiger partial charge on any atom is 0.281 e. The average molecular weight is 370 g/mol. The maximum atomic E-state index is 13.0. The van der Waals surface area contributed by atoms with Crippen LogP contribution in [0.15, 0.2) is 71.8 Å². The Morgan fingerprint density at radius 3 is 2.21 bits per heavy atom. The summed E-state index contributed by atoms with van der Waals surface area (Å²) >= 11 is 0. The van der Waals surface area contributed by atoms with Gasteiger partial charge in [-0.1, -0.05) is 60.7 Å². The molecule has 0 saturated heterocycles. The molecule has 0 aliphatic rings. The van der Waals surface area contributed by atoms with Gasteiger partial charge >= 0.3 is 0 Å². The van der Waals surface area contributed by atoms with E-state index in [1.807, 2.05) is 62.4 Å². The van der Waals surface area contributed by atoms with Crippen LogP contribution in [0.3, 0.4) is 0 Å². The largest absolute Gasteiger partial charge is 0.317 e. The molecule has 0 unspecified atom stereocenters. The van der Waals surface area contributed by atoms with Crippen molar-refractivity contribution in [2.45, 2.75) is 26.8 Å². The first-order valence-corrected chi connectivity index (χ1v) is 9.32. The van der Waals surface area contributed by atoms with Gasteiger partial charge in [0.05, 0.1) is 17.6 Å². The van der Waals surface area contributed by atoms with Gasteiger partial charge in [0.25, 0.3) is 5.56 Å². The predicted octanol–water partition coefficient (Wildman–Crippen LogP) is 3.74. The SMILES string of the molecule is Cc1c(Cc2ccccc2)nc2ncn(NCc3ccccc3)c(=O)c2c1C. The van der Waals surface area contributed by atoms with E-state index in [0.29, 0.717) is 17.6 Å². The van der Waals surface area contributed by atoms with Gasteiger partial charge in [0.15, 0.2) is 5.65 Å². The zero-order valence-electron chi connectivity index (χ0n) is 16.0. The molecule has 2 aromatic heterocycles. The lowest BCUT2D eigenvalue weighted by Crippen LogP contribution is -2.30. The van der Waals surface area contributed by atoms with Crippen LogP contribution in [0, 0.1) is 13.8 Å². The van der Waals surface area contributed by atoms with Crippen molar-refractivity contribution in [3.63, 3.8) is 0 Å². The van der Waals surface area contributed by atoms with Crippen molar-refractivity contribution in [2.75, 3.05) is 5.43 Å². The van der Waals surface area contributed by atoms with E-state index in [1.54, 1.807) is 0 Å². The molecule has 5 nitrogen and oxygen atoms in total. The quantitative estimate of drug-likeness (QED) is 0.581. The van der Waals surface area contributed by atoms with Crippen molar-refractivity contribution in [1.29, 1.82) is 0 Å². The summed E-state index contributed by atoms with van der Waals surface area (Å²) in [4.78, 5) is 22.2. The van der Waals surface area contributed by atoms with Gasteiger partial charge in [0, 0.05) is 6.42 Å². The second-order valence-corrected chi connectivity index (χ2v) is 6.91. The molecule has 0 fully saturated rings. The minimum atomic E-state index is -0.125. The molecule has 0 bridgehead atoms. The fourth-order valence-corrected chi connectivity index (χ4v) is 3.32. The Balaban J connectivity index is 1.69. The molecular weight excluding hydrogens is 348 g/mol. The highest BCUT2D eigenvalue weighted by Crippen LogP contribution is 2.20. The molecule has 4 rings (SSSR count). The van der Waals surface area contributed by atoms with Crippen LogP contribution in [-0.2, 0) is 13.0 Å². The second kappa shape index (κ2) is 7.64. The zero-order chi connectivity index (χ0) is 19.5. The lowest BCUT2D eigenvalue weighted by molar-refractivity contribution is 0.787. The maximum absolute atomic E-state index is 13.0. The van der Waals surface area contributed by atoms with Crippen LogP contribution in [-0.4, -0.2) is 14.6 Å². The van der Waals surface area contributed by atoms with Crippen molar-refractivity contribution in [3.8, 4) is 0 Å². The highest BCUT2D eigenvalue weighted by Gasteiger charge is 2.14. The van der Waals surface area contributed by atoms with Crippen LogP contribution < -0.4 is 11.0 Å². The van der Waals surface area contributed by atoms with E-state index in [9.17, 15) is 4.79 Å². The van der Waals surface area contributed by atoms with Crippen LogP contribution >= 0.6 is 0 Å². The van der Waals surface area contributed by atoms with Crippen molar-refractivity contribution in [1.82, 2.24) is 14.6 Å². The third-order valence-electron chi connectivity index (χ3n) is 5.07. The Bertz CT molecular complexity index is 1170. The number of benzene rings is 2. The van der Waals surface area contributed by atoms with Gasteiger partial charge in [0.2, 0.25) is 0 Å². The van der Waals surface area contributed by atoms with E-state index in [1.165, 1.54) is 16.6 Å². The highest BCUT2D eigenvalue weighted by atomic mass is 16.1. The molecule has 0 saturated carbocycles. The molecule has 2 heterocycles. The fourth-order valence-electron chi connectivity index (χ4n) is 3.32. The van der Waals surface area contributed by atoms with Crippen molar-refractivity contribution in [2.24, 2.45) is 0 Å². The number of nitrogens with zero attached hydrogens (tertiary/aromatic N) is 3.